The van der Waals surface area contributed by atoms with Gasteiger partial charge in [0.25, 0.3) is 0 Å². The number of nitrogens with zero attached hydrogens (tertiary/aromatic N) is 1. The molecule has 24 heteroatoms. The van der Waals surface area contributed by atoms with Crippen molar-refractivity contribution in [3.05, 3.63) is 48.6 Å². The first-order valence-corrected chi connectivity index (χ1v) is 30.5. The molecule has 24 nitrogen and oxygen atoms in total. The number of nitrogens with two attached hydrogens (primary N) is 1. The van der Waals surface area contributed by atoms with Crippen molar-refractivity contribution in [3.63, 3.8) is 0 Å². The molecule has 15 N–H and O–H groups in total. The molecule has 0 aromatic heterocycles. The van der Waals surface area contributed by atoms with Gasteiger partial charge < -0.3 is 91.3 Å². The second-order valence-electron chi connectivity index (χ2n) is 24.4. The van der Waals surface area contributed by atoms with Crippen molar-refractivity contribution in [1.82, 2.24) is 5.32 Å². The minimum Gasteiger partial charge on any atom is -0.481 e. The summed E-state index contributed by atoms with van der Waals surface area (Å²) in [6.45, 7) is 14.6. The van der Waals surface area contributed by atoms with Crippen molar-refractivity contribution in [2.45, 2.75) is 243 Å². The van der Waals surface area contributed by atoms with Crippen molar-refractivity contribution < 1.29 is 104 Å². The molecular weight excluding hydrogens is 1120 g/mol. The zero-order chi connectivity index (χ0) is 65.0. The highest BCUT2D eigenvalue weighted by molar-refractivity contribution is 5.90. The standard InChI is InChI=1S/C62H105N3O21/c1-35(18-14-12-10-11-13-17-25-65-61(63)64-9)26-39(5)58-38(4)19-15-16-20-46(67)40(6)50(71)28-43(66)27-44(83-56(78)32-54(74)75)29-45-30-53(84-57(79)33-55(76)77)59(80)62(82,86-45)34-52(73)37(3)22-23-47(68)41(7)51(72)31-49(70)36(2)21-24-48(69)42(8)60(81)85-58/h10-11,15-16,19-21,24,35-53,58-59,66-73,80,82H,12-14,17-18,22-23,25-34H2,1-9H3,(H,74,75)(H,76,77)(H3,63,64,65)/b11-10+,19-15?,20-16?,24-21?/t35-,36-,37-,38-,39-,40+,41+,42+,43-,44-,45+,46+,47-,48+,49+,50+,51-,52+,53-,58-,59+,62-/m0/s1. The Bertz CT molecular complexity index is 2200. The number of carboxylic acid groups (broad SMARTS) is 2. The zero-order valence-electron chi connectivity index (χ0n) is 51.8. The summed E-state index contributed by atoms with van der Waals surface area (Å²) in [5.41, 5.74) is 5.69. The van der Waals surface area contributed by atoms with Gasteiger partial charge in [0.1, 0.15) is 37.3 Å². The van der Waals surface area contributed by atoms with Crippen LogP contribution in [0.4, 0.5) is 0 Å². The number of guanidine groups is 1. The van der Waals surface area contributed by atoms with E-state index in [-0.39, 0.29) is 37.0 Å². The minimum atomic E-state index is -2.74. The number of unbranched alkanes of at least 4 members (excludes halogenated alkanes) is 2. The predicted molar refractivity (Wildman–Crippen MR) is 318 cm³/mol. The van der Waals surface area contributed by atoms with Crippen LogP contribution in [0.1, 0.15) is 158 Å². The number of ether oxygens (including phenoxy) is 4. The highest BCUT2D eigenvalue weighted by Gasteiger charge is 2.52. The van der Waals surface area contributed by atoms with Crippen LogP contribution in [0.3, 0.4) is 0 Å². The van der Waals surface area contributed by atoms with Crippen LogP contribution in [-0.2, 0) is 42.9 Å². The van der Waals surface area contributed by atoms with E-state index in [4.69, 9.17) is 24.7 Å². The first kappa shape index (κ1) is 77.2. The maximum absolute atomic E-state index is 13.9. The molecule has 0 radical (unpaired) electrons. The van der Waals surface area contributed by atoms with Gasteiger partial charge in [-0.2, -0.15) is 0 Å². The summed E-state index contributed by atoms with van der Waals surface area (Å²) in [4.78, 5) is 66.1. The lowest BCUT2D eigenvalue weighted by atomic mass is 9.83. The molecule has 1 saturated heterocycles. The third kappa shape index (κ3) is 28.5. The average molecular weight is 1230 g/mol. The number of aliphatic hydroxyl groups is 10. The summed E-state index contributed by atoms with van der Waals surface area (Å²) in [5, 5.41) is 135. The van der Waals surface area contributed by atoms with Gasteiger partial charge in [-0.25, -0.2) is 0 Å². The van der Waals surface area contributed by atoms with E-state index in [9.17, 15) is 85.3 Å². The number of hydrogen-bond acceptors (Lipinski definition) is 20. The van der Waals surface area contributed by atoms with E-state index < -0.39 is 190 Å². The predicted octanol–water partition coefficient (Wildman–Crippen LogP) is 3.33. The summed E-state index contributed by atoms with van der Waals surface area (Å²) < 4.78 is 22.9. The lowest BCUT2D eigenvalue weighted by Crippen LogP contribution is -2.60. The molecule has 0 unspecified atom stereocenters. The average Bonchev–Trinajstić information content (AvgIpc) is 1.53. The Morgan fingerprint density at radius 2 is 1.33 bits per heavy atom. The number of aliphatic hydroxyl groups excluding tert-OH is 9. The van der Waals surface area contributed by atoms with Crippen LogP contribution in [-0.4, -0.2) is 196 Å². The first-order chi connectivity index (χ1) is 40.3. The molecule has 2 aliphatic rings. The Kier molecular flexibility index (Phi) is 35.2. The summed E-state index contributed by atoms with van der Waals surface area (Å²) >= 11 is 0. The van der Waals surface area contributed by atoms with Gasteiger partial charge >= 0.3 is 29.8 Å². The van der Waals surface area contributed by atoms with Crippen LogP contribution in [0, 0.1) is 47.3 Å². The number of rotatable bonds is 17. The number of allylic oxidation sites excluding steroid dienone is 4. The van der Waals surface area contributed by atoms with Gasteiger partial charge in [-0.3, -0.25) is 29.0 Å². The zero-order valence-corrected chi connectivity index (χ0v) is 51.8. The third-order valence-electron chi connectivity index (χ3n) is 16.7. The highest BCUT2D eigenvalue weighted by Crippen LogP contribution is 2.38. The van der Waals surface area contributed by atoms with E-state index in [1.54, 1.807) is 46.0 Å². The number of carboxylic acids is 2. The SMILES string of the molecule is CN=C(N)NCCC/C=C/CCC[C@H](C)C[C@H](C)[C@H]1OC(=O)[C@H](C)[C@H](O)C=C[C@H](C)[C@H](O)C[C@H](O)[C@H](C)[C@@H](O)CC[C@H](C)[C@H](O)C[C@]2(O)O[C@H](C[C@@H](OC(=O)CC(=O)O)C[C@H](O)C[C@@H](O)[C@H](C)[C@H](O)C=CC=C[C@@H]1C)C[C@H](OC(=O)CC(=O)O)[C@H]2O. The van der Waals surface area contributed by atoms with Crippen LogP contribution in [0.2, 0.25) is 0 Å². The summed E-state index contributed by atoms with van der Waals surface area (Å²) in [6, 6.07) is 0. The van der Waals surface area contributed by atoms with Crippen molar-refractivity contribution in [3.8, 4) is 0 Å². The molecule has 86 heavy (non-hydrogen) atoms. The summed E-state index contributed by atoms with van der Waals surface area (Å²) in [5.74, 6) is -13.1. The van der Waals surface area contributed by atoms with Gasteiger partial charge in [0.15, 0.2) is 11.7 Å². The van der Waals surface area contributed by atoms with Crippen molar-refractivity contribution in [2.75, 3.05) is 13.6 Å². The van der Waals surface area contributed by atoms with Gasteiger partial charge in [-0.15, -0.1) is 0 Å². The van der Waals surface area contributed by atoms with Crippen molar-refractivity contribution >= 4 is 35.8 Å². The molecule has 2 rings (SSSR count). The van der Waals surface area contributed by atoms with E-state index in [1.807, 2.05) is 13.8 Å². The molecule has 1 fully saturated rings. The fourth-order valence-electron chi connectivity index (χ4n) is 10.8. The van der Waals surface area contributed by atoms with Crippen molar-refractivity contribution in [2.24, 2.45) is 58.1 Å². The van der Waals surface area contributed by atoms with Gasteiger partial charge in [-0.05, 0) is 76.0 Å². The Balaban J connectivity index is 2.53. The van der Waals surface area contributed by atoms with E-state index >= 15 is 0 Å². The third-order valence-corrected chi connectivity index (χ3v) is 16.7. The lowest BCUT2D eigenvalue weighted by molar-refractivity contribution is -0.334. The molecule has 0 aliphatic carbocycles. The van der Waals surface area contributed by atoms with Gasteiger partial charge in [0, 0.05) is 69.4 Å². The van der Waals surface area contributed by atoms with Crippen LogP contribution in [0.25, 0.3) is 0 Å². The number of cyclic esters (lactones) is 1. The quantitative estimate of drug-likeness (QED) is 0.0189. The summed E-state index contributed by atoms with van der Waals surface area (Å²) in [7, 11) is 1.62. The number of carbonyl (C=O) groups excluding carboxylic acids is 3. The maximum atomic E-state index is 13.9. The van der Waals surface area contributed by atoms with Crippen LogP contribution in [0.15, 0.2) is 53.6 Å². The highest BCUT2D eigenvalue weighted by atomic mass is 16.7. The monoisotopic (exact) mass is 1230 g/mol. The van der Waals surface area contributed by atoms with E-state index in [0.717, 1.165) is 38.6 Å². The molecule has 0 aromatic rings. The maximum Gasteiger partial charge on any atom is 0.317 e. The first-order valence-electron chi connectivity index (χ1n) is 30.5. The number of aliphatic imine (C=N–C) groups is 1. The Hall–Kier alpha value is -4.86. The summed E-state index contributed by atoms with van der Waals surface area (Å²) in [6.07, 6.45) is -3.69. The molecular formula is C62H105N3O21. The second kappa shape index (κ2) is 39.2. The normalized spacial score (nSPS) is 35.8. The fourth-order valence-corrected chi connectivity index (χ4v) is 10.8. The number of fused-ring (bicyclic) bond motifs is 2. The number of hydrogen-bond donors (Lipinski definition) is 14. The van der Waals surface area contributed by atoms with Crippen molar-refractivity contribution in [1.29, 1.82) is 0 Å². The number of nitrogens with one attached hydrogen (secondary N) is 1. The Morgan fingerprint density at radius 3 is 1.95 bits per heavy atom. The molecule has 2 aliphatic heterocycles. The molecule has 0 spiro atoms. The van der Waals surface area contributed by atoms with Crippen LogP contribution < -0.4 is 11.1 Å². The van der Waals surface area contributed by atoms with Gasteiger partial charge in [0.2, 0.25) is 0 Å². The van der Waals surface area contributed by atoms with Crippen LogP contribution >= 0.6 is 0 Å². The molecule has 2 bridgehead atoms. The van der Waals surface area contributed by atoms with Crippen LogP contribution in [0.5, 0.6) is 0 Å². The minimum absolute atomic E-state index is 0.00495. The second-order valence-corrected chi connectivity index (χ2v) is 24.4. The largest absolute Gasteiger partial charge is 0.481 e. The number of carbonyl (C=O) groups is 5. The topological polar surface area (TPSA) is 415 Å². The van der Waals surface area contributed by atoms with Gasteiger partial charge in [0.05, 0.1) is 60.9 Å². The molecule has 0 aromatic carbocycles. The molecule has 0 saturated carbocycles. The molecule has 0 amide bonds. The van der Waals surface area contributed by atoms with E-state index in [2.05, 4.69) is 29.4 Å². The van der Waals surface area contributed by atoms with E-state index in [0.29, 0.717) is 12.4 Å². The molecule has 494 valence electrons. The van der Waals surface area contributed by atoms with E-state index in [1.165, 1.54) is 32.1 Å². The number of aliphatic carboxylic acids is 2. The molecule has 22 atom stereocenters. The fraction of sp³-hybridized carbons (Fsp3) is 0.774. The van der Waals surface area contributed by atoms with Gasteiger partial charge in [-0.1, -0.05) is 103 Å². The lowest BCUT2D eigenvalue weighted by Gasteiger charge is -2.46. The number of esters is 3. The molecule has 2 heterocycles. The Labute approximate surface area is 507 Å². The Morgan fingerprint density at radius 1 is 0.721 bits per heavy atom. The smallest absolute Gasteiger partial charge is 0.317 e.